The number of fused-ring (bicyclic) bond motifs is 2. The first kappa shape index (κ1) is 29.6. The third kappa shape index (κ3) is 5.75. The number of ether oxygens (including phenoxy) is 1. The molecule has 0 spiro atoms. The predicted octanol–water partition coefficient (Wildman–Crippen LogP) is 5.99. The molecule has 2 atom stereocenters. The molecule has 0 aromatic heterocycles. The lowest BCUT2D eigenvalue weighted by Gasteiger charge is -2.43. The topological polar surface area (TPSA) is 70.2 Å². The number of benzene rings is 3. The number of nitrogens with zero attached hydrogens (tertiary/aromatic N) is 3. The normalized spacial score (nSPS) is 20.8. The zero-order chi connectivity index (χ0) is 30.3. The average molecular weight is 628 g/mol. The number of hydrogen-bond donors (Lipinski definition) is 0. The summed E-state index contributed by atoms with van der Waals surface area (Å²) in [6, 6.07) is 16.4. The van der Waals surface area contributed by atoms with E-state index in [-0.39, 0.29) is 27.6 Å². The van der Waals surface area contributed by atoms with Gasteiger partial charge in [0.05, 0.1) is 28.3 Å². The molecule has 3 saturated heterocycles. The number of sulfonamides is 1. The van der Waals surface area contributed by atoms with Crippen molar-refractivity contribution in [1.82, 2.24) is 9.21 Å². The number of piperazine rings is 1. The molecule has 2 bridgehead atoms. The van der Waals surface area contributed by atoms with Crippen LogP contribution in [0.1, 0.15) is 41.6 Å². The number of piperidine rings is 1. The molecule has 43 heavy (non-hydrogen) atoms. The summed E-state index contributed by atoms with van der Waals surface area (Å²) in [5, 5.41) is -0.140. The van der Waals surface area contributed by atoms with Gasteiger partial charge in [-0.1, -0.05) is 53.6 Å². The van der Waals surface area contributed by atoms with Gasteiger partial charge in [-0.25, -0.2) is 17.2 Å². The van der Waals surface area contributed by atoms with Gasteiger partial charge in [0.2, 0.25) is 10.0 Å². The van der Waals surface area contributed by atoms with Crippen molar-refractivity contribution in [3.05, 3.63) is 94.0 Å². The van der Waals surface area contributed by atoms with Gasteiger partial charge in [-0.15, -0.1) is 0 Å². The van der Waals surface area contributed by atoms with Crippen molar-refractivity contribution in [2.45, 2.75) is 42.7 Å². The van der Waals surface area contributed by atoms with Crippen LogP contribution in [-0.4, -0.2) is 68.9 Å². The molecule has 0 N–H and O–H groups in total. The molecule has 3 aromatic rings. The second kappa shape index (κ2) is 11.9. The van der Waals surface area contributed by atoms with E-state index < -0.39 is 27.6 Å². The number of methoxy groups -OCH3 is 1. The van der Waals surface area contributed by atoms with Crippen molar-refractivity contribution in [2.75, 3.05) is 38.2 Å². The van der Waals surface area contributed by atoms with Crippen LogP contribution in [0.2, 0.25) is 5.02 Å². The second-order valence-corrected chi connectivity index (χ2v) is 13.5. The molecule has 7 nitrogen and oxygen atoms in total. The summed E-state index contributed by atoms with van der Waals surface area (Å²) >= 11 is 6.09. The van der Waals surface area contributed by atoms with Gasteiger partial charge in [0.1, 0.15) is 5.75 Å². The van der Waals surface area contributed by atoms with Gasteiger partial charge >= 0.3 is 0 Å². The highest BCUT2D eigenvalue weighted by Gasteiger charge is 2.43. The first-order valence-electron chi connectivity index (χ1n) is 14.3. The number of amides is 1. The number of rotatable bonds is 6. The smallest absolute Gasteiger partial charge is 0.255 e. The zero-order valence-corrected chi connectivity index (χ0v) is 25.3. The van der Waals surface area contributed by atoms with Crippen LogP contribution in [-0.2, 0) is 10.0 Å². The maximum atomic E-state index is 13.9. The molecule has 3 aromatic carbocycles. The fourth-order valence-electron chi connectivity index (χ4n) is 6.44. The van der Waals surface area contributed by atoms with E-state index in [1.165, 1.54) is 9.88 Å². The SMILES string of the molecule is COc1ccc(S(=O)(=O)N2CCC(=Cc3ccccc3)CC2)cc1N1C2CCC1CN(C(=O)c1cc(F)c(F)cc1Cl)C2. The average Bonchev–Trinajstić information content (AvgIpc) is 3.27. The fraction of sp³-hybridized carbons (Fsp3) is 0.344. The van der Waals surface area contributed by atoms with Crippen LogP contribution in [0.3, 0.4) is 0 Å². The highest BCUT2D eigenvalue weighted by atomic mass is 35.5. The van der Waals surface area contributed by atoms with E-state index in [9.17, 15) is 22.0 Å². The first-order valence-corrected chi connectivity index (χ1v) is 16.1. The predicted molar refractivity (Wildman–Crippen MR) is 162 cm³/mol. The Kier molecular flexibility index (Phi) is 8.19. The summed E-state index contributed by atoms with van der Waals surface area (Å²) in [6.07, 6.45) is 5.03. The van der Waals surface area contributed by atoms with E-state index in [0.29, 0.717) is 50.5 Å². The van der Waals surface area contributed by atoms with Gasteiger partial charge in [0, 0.05) is 38.3 Å². The molecule has 3 aliphatic rings. The number of hydrogen-bond acceptors (Lipinski definition) is 5. The Hall–Kier alpha value is -3.47. The third-order valence-electron chi connectivity index (χ3n) is 8.61. The van der Waals surface area contributed by atoms with E-state index in [1.54, 1.807) is 30.2 Å². The van der Waals surface area contributed by atoms with Gasteiger partial charge < -0.3 is 14.5 Å². The third-order valence-corrected chi connectivity index (χ3v) is 10.8. The Morgan fingerprint density at radius 1 is 0.953 bits per heavy atom. The number of carbonyl (C=O) groups excluding carboxylic acids is 1. The van der Waals surface area contributed by atoms with Crippen molar-refractivity contribution in [3.8, 4) is 5.75 Å². The summed E-state index contributed by atoms with van der Waals surface area (Å²) in [5.41, 5.74) is 2.91. The summed E-state index contributed by atoms with van der Waals surface area (Å²) in [6.45, 7) is 1.46. The van der Waals surface area contributed by atoms with Gasteiger partial charge in [0.15, 0.2) is 11.6 Å². The Balaban J connectivity index is 1.21. The Bertz CT molecular complexity index is 1660. The van der Waals surface area contributed by atoms with Gasteiger partial charge in [0.25, 0.3) is 5.91 Å². The minimum Gasteiger partial charge on any atom is -0.495 e. The molecular formula is C32H32ClF2N3O4S. The molecule has 11 heteroatoms. The van der Waals surface area contributed by atoms with E-state index in [0.717, 1.165) is 30.5 Å². The van der Waals surface area contributed by atoms with Gasteiger partial charge in [-0.3, -0.25) is 4.79 Å². The molecule has 0 radical (unpaired) electrons. The Morgan fingerprint density at radius 3 is 2.26 bits per heavy atom. The van der Waals surface area contributed by atoms with Crippen molar-refractivity contribution < 1.29 is 26.7 Å². The van der Waals surface area contributed by atoms with E-state index in [2.05, 4.69) is 11.0 Å². The van der Waals surface area contributed by atoms with E-state index >= 15 is 0 Å². The summed E-state index contributed by atoms with van der Waals surface area (Å²) in [4.78, 5) is 17.2. The monoisotopic (exact) mass is 627 g/mol. The molecule has 6 rings (SSSR count). The zero-order valence-electron chi connectivity index (χ0n) is 23.7. The van der Waals surface area contributed by atoms with Crippen LogP contribution in [0.25, 0.3) is 6.08 Å². The van der Waals surface area contributed by atoms with Gasteiger partial charge in [-0.05, 0) is 61.6 Å². The minimum absolute atomic E-state index is 0.0811. The number of carbonyl (C=O) groups is 1. The fourth-order valence-corrected chi connectivity index (χ4v) is 8.14. The van der Waals surface area contributed by atoms with Crippen LogP contribution in [0, 0.1) is 11.6 Å². The molecular weight excluding hydrogens is 596 g/mol. The standard InChI is InChI=1S/C32H32ClF2N3O4S/c1-42-31-10-9-25(43(40,41)37-13-11-22(12-14-37)15-21-5-3-2-4-6-21)16-30(31)38-23-7-8-24(38)20-36(19-23)32(39)26-17-28(34)29(35)18-27(26)33/h2-6,9-10,15-18,23-24H,7-8,11-14,19-20H2,1H3. The summed E-state index contributed by atoms with van der Waals surface area (Å²) in [5.74, 6) is -2.16. The quantitative estimate of drug-likeness (QED) is 0.314. The van der Waals surface area contributed by atoms with Crippen LogP contribution in [0.4, 0.5) is 14.5 Å². The van der Waals surface area contributed by atoms with Crippen molar-refractivity contribution >= 4 is 39.3 Å². The molecule has 3 fully saturated rings. The molecule has 226 valence electrons. The largest absolute Gasteiger partial charge is 0.495 e. The second-order valence-electron chi connectivity index (χ2n) is 11.2. The maximum Gasteiger partial charge on any atom is 0.255 e. The highest BCUT2D eigenvalue weighted by molar-refractivity contribution is 7.89. The summed E-state index contributed by atoms with van der Waals surface area (Å²) in [7, 11) is -2.21. The lowest BCUT2D eigenvalue weighted by Crippen LogP contribution is -2.55. The number of halogens is 3. The lowest BCUT2D eigenvalue weighted by molar-refractivity contribution is 0.0717. The molecule has 1 amide bonds. The molecule has 0 aliphatic carbocycles. The van der Waals surface area contributed by atoms with Crippen LogP contribution in [0.5, 0.6) is 5.75 Å². The first-order chi connectivity index (χ1) is 20.7. The maximum absolute atomic E-state index is 13.9. The van der Waals surface area contributed by atoms with Crippen LogP contribution < -0.4 is 9.64 Å². The van der Waals surface area contributed by atoms with Gasteiger partial charge in [-0.2, -0.15) is 4.31 Å². The Morgan fingerprint density at radius 2 is 1.60 bits per heavy atom. The molecule has 3 heterocycles. The van der Waals surface area contributed by atoms with Crippen molar-refractivity contribution in [3.63, 3.8) is 0 Å². The molecule has 3 aliphatic heterocycles. The Labute approximate surface area is 255 Å². The highest BCUT2D eigenvalue weighted by Crippen LogP contribution is 2.42. The van der Waals surface area contributed by atoms with Crippen LogP contribution >= 0.6 is 11.6 Å². The summed E-state index contributed by atoms with van der Waals surface area (Å²) < 4.78 is 62.2. The van der Waals surface area contributed by atoms with Crippen LogP contribution in [0.15, 0.2) is 71.1 Å². The number of likely N-dealkylation sites (tertiary alicyclic amines) is 1. The molecule has 0 saturated carbocycles. The number of anilines is 1. The van der Waals surface area contributed by atoms with Crippen molar-refractivity contribution in [1.29, 1.82) is 0 Å². The van der Waals surface area contributed by atoms with E-state index in [4.69, 9.17) is 16.3 Å². The minimum atomic E-state index is -3.75. The lowest BCUT2D eigenvalue weighted by atomic mass is 10.0. The van der Waals surface area contributed by atoms with E-state index in [1.807, 2.05) is 30.3 Å². The van der Waals surface area contributed by atoms with Crippen molar-refractivity contribution in [2.24, 2.45) is 0 Å². The molecule has 2 unspecified atom stereocenters.